The molecule has 88 valence electrons. The van der Waals surface area contributed by atoms with Crippen LogP contribution in [0.4, 0.5) is 0 Å². The van der Waals surface area contributed by atoms with Gasteiger partial charge in [0, 0.05) is 5.92 Å². The topological polar surface area (TPSA) is 57.5 Å². The monoisotopic (exact) mass is 222 g/mol. The largest absolute Gasteiger partial charge is 0.479 e. The van der Waals surface area contributed by atoms with E-state index < -0.39 is 17.5 Å². The van der Waals surface area contributed by atoms with Crippen LogP contribution >= 0.6 is 0 Å². The summed E-state index contributed by atoms with van der Waals surface area (Å²) in [5, 5.41) is 19.1. The van der Waals surface area contributed by atoms with Crippen LogP contribution in [-0.4, -0.2) is 21.8 Å². The average molecular weight is 222 g/mol. The van der Waals surface area contributed by atoms with Crippen molar-refractivity contribution in [3.05, 3.63) is 35.9 Å². The van der Waals surface area contributed by atoms with E-state index in [2.05, 4.69) is 0 Å². The summed E-state index contributed by atoms with van der Waals surface area (Å²) < 4.78 is 0. The molecule has 0 saturated carbocycles. The molecule has 2 N–H and O–H groups in total. The van der Waals surface area contributed by atoms with Crippen LogP contribution in [0.2, 0.25) is 0 Å². The van der Waals surface area contributed by atoms with E-state index in [1.165, 1.54) is 6.92 Å². The normalized spacial score (nSPS) is 16.8. The van der Waals surface area contributed by atoms with Gasteiger partial charge in [0.2, 0.25) is 0 Å². The summed E-state index contributed by atoms with van der Waals surface area (Å²) in [6.45, 7) is 5.18. The molecule has 0 aliphatic heterocycles. The Labute approximate surface area is 95.7 Å². The number of aliphatic carboxylic acids is 1. The van der Waals surface area contributed by atoms with Crippen LogP contribution in [0.3, 0.4) is 0 Å². The first-order valence-corrected chi connectivity index (χ1v) is 5.38. The Kier molecular flexibility index (Phi) is 3.70. The molecule has 16 heavy (non-hydrogen) atoms. The number of carboxylic acid groups (broad SMARTS) is 1. The molecular formula is C13H18O3. The summed E-state index contributed by atoms with van der Waals surface area (Å²) in [4.78, 5) is 11.1. The third-order valence-electron chi connectivity index (χ3n) is 2.86. The Morgan fingerprint density at radius 2 is 1.75 bits per heavy atom. The quantitative estimate of drug-likeness (QED) is 0.821. The molecule has 0 fully saturated rings. The first kappa shape index (κ1) is 12.7. The number of aliphatic hydroxyl groups is 1. The lowest BCUT2D eigenvalue weighted by Gasteiger charge is -2.32. The molecule has 3 heteroatoms. The number of carboxylic acids is 1. The van der Waals surface area contributed by atoms with Crippen molar-refractivity contribution in [2.75, 3.05) is 0 Å². The number of hydrogen-bond acceptors (Lipinski definition) is 2. The second-order valence-corrected chi connectivity index (χ2v) is 4.59. The highest BCUT2D eigenvalue weighted by Gasteiger charge is 2.41. The summed E-state index contributed by atoms with van der Waals surface area (Å²) in [6, 6.07) is 9.27. The van der Waals surface area contributed by atoms with Gasteiger partial charge in [-0.15, -0.1) is 0 Å². The number of carbonyl (C=O) groups is 1. The van der Waals surface area contributed by atoms with Crippen LogP contribution in [0.5, 0.6) is 0 Å². The van der Waals surface area contributed by atoms with Crippen molar-refractivity contribution in [1.29, 1.82) is 0 Å². The molecule has 0 spiro atoms. The highest BCUT2D eigenvalue weighted by Crippen LogP contribution is 2.35. The fourth-order valence-electron chi connectivity index (χ4n) is 2.15. The second kappa shape index (κ2) is 4.66. The van der Waals surface area contributed by atoms with Crippen LogP contribution in [0.25, 0.3) is 0 Å². The number of rotatable bonds is 4. The number of hydrogen-bond donors (Lipinski definition) is 2. The zero-order valence-electron chi connectivity index (χ0n) is 9.84. The summed E-state index contributed by atoms with van der Waals surface area (Å²) in [6.07, 6.45) is 0. The second-order valence-electron chi connectivity index (χ2n) is 4.59. The molecule has 2 unspecified atom stereocenters. The molecule has 0 amide bonds. The first-order valence-electron chi connectivity index (χ1n) is 5.38. The van der Waals surface area contributed by atoms with E-state index in [1.54, 1.807) is 0 Å². The molecule has 1 aromatic carbocycles. The van der Waals surface area contributed by atoms with Crippen molar-refractivity contribution in [3.63, 3.8) is 0 Å². The van der Waals surface area contributed by atoms with E-state index in [1.807, 2.05) is 44.2 Å². The highest BCUT2D eigenvalue weighted by molar-refractivity contribution is 5.78. The molecule has 0 heterocycles. The molecule has 1 aromatic rings. The van der Waals surface area contributed by atoms with Crippen LogP contribution in [0, 0.1) is 5.92 Å². The Balaban J connectivity index is 3.16. The Hall–Kier alpha value is -1.35. The van der Waals surface area contributed by atoms with Crippen molar-refractivity contribution >= 4 is 5.97 Å². The Morgan fingerprint density at radius 3 is 2.12 bits per heavy atom. The minimum atomic E-state index is -1.74. The van der Waals surface area contributed by atoms with Crippen molar-refractivity contribution in [2.45, 2.75) is 32.3 Å². The van der Waals surface area contributed by atoms with E-state index in [-0.39, 0.29) is 5.92 Å². The van der Waals surface area contributed by atoms with Crippen LogP contribution in [0.1, 0.15) is 32.3 Å². The summed E-state index contributed by atoms with van der Waals surface area (Å²) in [7, 11) is 0. The van der Waals surface area contributed by atoms with E-state index in [0.717, 1.165) is 5.56 Å². The van der Waals surface area contributed by atoms with Gasteiger partial charge in [0.25, 0.3) is 0 Å². The van der Waals surface area contributed by atoms with Gasteiger partial charge in [-0.3, -0.25) is 0 Å². The van der Waals surface area contributed by atoms with E-state index in [0.29, 0.717) is 0 Å². The van der Waals surface area contributed by atoms with Gasteiger partial charge in [0.05, 0.1) is 0 Å². The van der Waals surface area contributed by atoms with E-state index >= 15 is 0 Å². The average Bonchev–Trinajstić information content (AvgIpc) is 2.18. The molecule has 0 saturated heterocycles. The minimum absolute atomic E-state index is 0.0495. The Morgan fingerprint density at radius 1 is 1.25 bits per heavy atom. The van der Waals surface area contributed by atoms with Gasteiger partial charge in [-0.25, -0.2) is 4.79 Å². The van der Waals surface area contributed by atoms with Crippen molar-refractivity contribution < 1.29 is 15.0 Å². The SMILES string of the molecule is CC(C)C(c1ccccc1)C(C)(O)C(=O)O. The van der Waals surface area contributed by atoms with Gasteiger partial charge >= 0.3 is 5.97 Å². The van der Waals surface area contributed by atoms with Crippen LogP contribution < -0.4 is 0 Å². The van der Waals surface area contributed by atoms with E-state index in [9.17, 15) is 9.90 Å². The minimum Gasteiger partial charge on any atom is -0.479 e. The third-order valence-corrected chi connectivity index (χ3v) is 2.86. The Bertz CT molecular complexity index is 355. The molecule has 0 bridgehead atoms. The molecule has 0 aliphatic rings. The van der Waals surface area contributed by atoms with E-state index in [4.69, 9.17) is 5.11 Å². The molecule has 0 aromatic heterocycles. The van der Waals surface area contributed by atoms with Crippen molar-refractivity contribution in [2.24, 2.45) is 5.92 Å². The van der Waals surface area contributed by atoms with Gasteiger partial charge in [0.15, 0.2) is 5.60 Å². The lowest BCUT2D eigenvalue weighted by atomic mass is 9.76. The third kappa shape index (κ3) is 2.42. The lowest BCUT2D eigenvalue weighted by molar-refractivity contribution is -0.160. The predicted molar refractivity (Wildman–Crippen MR) is 62.3 cm³/mol. The summed E-state index contributed by atoms with van der Waals surface area (Å²) in [5.41, 5.74) is -0.889. The number of benzene rings is 1. The molecule has 0 aliphatic carbocycles. The molecule has 0 radical (unpaired) electrons. The highest BCUT2D eigenvalue weighted by atomic mass is 16.4. The zero-order valence-corrected chi connectivity index (χ0v) is 9.84. The molecule has 1 rings (SSSR count). The molecule has 3 nitrogen and oxygen atoms in total. The zero-order chi connectivity index (χ0) is 12.3. The van der Waals surface area contributed by atoms with Gasteiger partial charge in [-0.05, 0) is 18.4 Å². The lowest BCUT2D eigenvalue weighted by Crippen LogP contribution is -2.43. The van der Waals surface area contributed by atoms with Gasteiger partial charge < -0.3 is 10.2 Å². The fourth-order valence-corrected chi connectivity index (χ4v) is 2.15. The predicted octanol–water partition coefficient (Wildman–Crippen LogP) is 2.26. The van der Waals surface area contributed by atoms with Crippen molar-refractivity contribution in [1.82, 2.24) is 0 Å². The first-order chi connectivity index (χ1) is 7.37. The van der Waals surface area contributed by atoms with Crippen molar-refractivity contribution in [3.8, 4) is 0 Å². The van der Waals surface area contributed by atoms with Crippen LogP contribution in [-0.2, 0) is 4.79 Å². The van der Waals surface area contributed by atoms with Gasteiger partial charge in [-0.1, -0.05) is 44.2 Å². The van der Waals surface area contributed by atoms with Gasteiger partial charge in [0.1, 0.15) is 0 Å². The molecular weight excluding hydrogens is 204 g/mol. The maximum atomic E-state index is 11.1. The maximum Gasteiger partial charge on any atom is 0.336 e. The maximum absolute atomic E-state index is 11.1. The smallest absolute Gasteiger partial charge is 0.336 e. The summed E-state index contributed by atoms with van der Waals surface area (Å²) in [5.74, 6) is -1.55. The standard InChI is InChI=1S/C13H18O3/c1-9(2)11(13(3,16)12(14)15)10-7-5-4-6-8-10/h4-9,11,16H,1-3H3,(H,14,15). The molecule has 2 atom stereocenters. The van der Waals surface area contributed by atoms with Crippen LogP contribution in [0.15, 0.2) is 30.3 Å². The fraction of sp³-hybridized carbons (Fsp3) is 0.462. The van der Waals surface area contributed by atoms with Gasteiger partial charge in [-0.2, -0.15) is 0 Å². The summed E-state index contributed by atoms with van der Waals surface area (Å²) >= 11 is 0.